The van der Waals surface area contributed by atoms with Gasteiger partial charge in [0.05, 0.1) is 0 Å². The molecule has 1 saturated heterocycles. The second-order valence-corrected chi connectivity index (χ2v) is 6.95. The van der Waals surface area contributed by atoms with E-state index in [2.05, 4.69) is 38.9 Å². The second kappa shape index (κ2) is 7.70. The van der Waals surface area contributed by atoms with Gasteiger partial charge in [-0.15, -0.1) is 0 Å². The van der Waals surface area contributed by atoms with Gasteiger partial charge in [-0.3, -0.25) is 9.78 Å². The van der Waals surface area contributed by atoms with Crippen LogP contribution >= 0.6 is 0 Å². The zero-order chi connectivity index (χ0) is 18.6. The fraction of sp³-hybridized carbons (Fsp3) is 0.333. The van der Waals surface area contributed by atoms with Crippen LogP contribution in [0.5, 0.6) is 0 Å². The average Bonchev–Trinajstić information content (AvgIpc) is 2.74. The fourth-order valence-electron chi connectivity index (χ4n) is 3.50. The largest absolute Gasteiger partial charge is 0.353 e. The molecule has 1 aromatic carbocycles. The van der Waals surface area contributed by atoms with Crippen LogP contribution in [-0.4, -0.2) is 51.9 Å². The van der Waals surface area contributed by atoms with Crippen molar-refractivity contribution in [2.75, 3.05) is 31.1 Å². The Labute approximate surface area is 158 Å². The molecule has 4 rings (SSSR count). The van der Waals surface area contributed by atoms with Gasteiger partial charge in [0.25, 0.3) is 0 Å². The minimum atomic E-state index is 0.225. The summed E-state index contributed by atoms with van der Waals surface area (Å²) in [4.78, 5) is 30.0. The number of rotatable bonds is 4. The maximum absolute atomic E-state index is 12.7. The highest BCUT2D eigenvalue weighted by atomic mass is 16.2. The molecule has 1 amide bonds. The standard InChI is InChI=1S/C21H23N5O/c1-16(17-5-3-2-4-6-17)15-20(27)26-13-11-25(12-14-26)19-8-7-18-21(24-19)23-10-9-22-18/h2-10,16H,11-15H2,1H3/t16-/m1/s1. The molecule has 27 heavy (non-hydrogen) atoms. The van der Waals surface area contributed by atoms with Crippen LogP contribution in [0.4, 0.5) is 5.82 Å². The van der Waals surface area contributed by atoms with Crippen LogP contribution in [-0.2, 0) is 4.79 Å². The summed E-state index contributed by atoms with van der Waals surface area (Å²) in [7, 11) is 0. The van der Waals surface area contributed by atoms with Crippen molar-refractivity contribution >= 4 is 22.9 Å². The van der Waals surface area contributed by atoms with Gasteiger partial charge in [0.15, 0.2) is 5.65 Å². The van der Waals surface area contributed by atoms with E-state index in [0.717, 1.165) is 37.5 Å². The molecule has 0 radical (unpaired) electrons. The van der Waals surface area contributed by atoms with Gasteiger partial charge >= 0.3 is 0 Å². The summed E-state index contributed by atoms with van der Waals surface area (Å²) in [6.07, 6.45) is 3.88. The number of hydrogen-bond donors (Lipinski definition) is 0. The van der Waals surface area contributed by atoms with Crippen molar-refractivity contribution in [1.82, 2.24) is 19.9 Å². The van der Waals surface area contributed by atoms with E-state index in [9.17, 15) is 4.79 Å². The molecule has 6 nitrogen and oxygen atoms in total. The summed E-state index contributed by atoms with van der Waals surface area (Å²) in [5, 5.41) is 0. The summed E-state index contributed by atoms with van der Waals surface area (Å²) in [6, 6.07) is 14.2. The zero-order valence-corrected chi connectivity index (χ0v) is 15.5. The number of pyridine rings is 1. The quantitative estimate of drug-likeness (QED) is 0.715. The van der Waals surface area contributed by atoms with Crippen LogP contribution in [0.3, 0.4) is 0 Å². The maximum Gasteiger partial charge on any atom is 0.223 e. The van der Waals surface area contributed by atoms with E-state index in [0.29, 0.717) is 12.1 Å². The molecule has 0 aliphatic carbocycles. The molecule has 0 saturated carbocycles. The lowest BCUT2D eigenvalue weighted by atomic mass is 9.97. The van der Waals surface area contributed by atoms with E-state index < -0.39 is 0 Å². The van der Waals surface area contributed by atoms with Gasteiger partial charge in [-0.1, -0.05) is 37.3 Å². The van der Waals surface area contributed by atoms with E-state index in [-0.39, 0.29) is 11.8 Å². The van der Waals surface area contributed by atoms with Crippen molar-refractivity contribution in [3.63, 3.8) is 0 Å². The summed E-state index contributed by atoms with van der Waals surface area (Å²) in [6.45, 7) is 5.12. The first-order valence-electron chi connectivity index (χ1n) is 9.36. The summed E-state index contributed by atoms with van der Waals surface area (Å²) in [5.41, 5.74) is 2.67. The molecule has 138 valence electrons. The van der Waals surface area contributed by atoms with E-state index >= 15 is 0 Å². The predicted octanol–water partition coefficient (Wildman–Crippen LogP) is 2.87. The van der Waals surface area contributed by atoms with Crippen molar-refractivity contribution < 1.29 is 4.79 Å². The minimum absolute atomic E-state index is 0.225. The normalized spacial score (nSPS) is 15.7. The van der Waals surface area contributed by atoms with Crippen molar-refractivity contribution in [1.29, 1.82) is 0 Å². The van der Waals surface area contributed by atoms with E-state index in [4.69, 9.17) is 0 Å². The molecule has 2 aromatic heterocycles. The Morgan fingerprint density at radius 2 is 1.74 bits per heavy atom. The highest BCUT2D eigenvalue weighted by molar-refractivity contribution is 5.77. The lowest BCUT2D eigenvalue weighted by molar-refractivity contribution is -0.131. The molecule has 3 heterocycles. The Morgan fingerprint density at radius 3 is 2.52 bits per heavy atom. The topological polar surface area (TPSA) is 62.2 Å². The second-order valence-electron chi connectivity index (χ2n) is 6.95. The number of piperazine rings is 1. The number of fused-ring (bicyclic) bond motifs is 1. The lowest BCUT2D eigenvalue weighted by Gasteiger charge is -2.36. The Balaban J connectivity index is 1.36. The number of anilines is 1. The molecule has 0 N–H and O–H groups in total. The third kappa shape index (κ3) is 3.89. The lowest BCUT2D eigenvalue weighted by Crippen LogP contribution is -2.49. The van der Waals surface area contributed by atoms with Gasteiger partial charge in [0.1, 0.15) is 11.3 Å². The molecular formula is C21H23N5O. The average molecular weight is 361 g/mol. The first-order valence-corrected chi connectivity index (χ1v) is 9.36. The molecule has 1 aliphatic rings. The number of benzene rings is 1. The van der Waals surface area contributed by atoms with Crippen molar-refractivity contribution in [2.45, 2.75) is 19.3 Å². The number of hydrogen-bond acceptors (Lipinski definition) is 5. The SMILES string of the molecule is C[C@H](CC(=O)N1CCN(c2ccc3nccnc3n2)CC1)c1ccccc1. The highest BCUT2D eigenvalue weighted by Gasteiger charge is 2.23. The van der Waals surface area contributed by atoms with Crippen LogP contribution in [0.15, 0.2) is 54.9 Å². The third-order valence-electron chi connectivity index (χ3n) is 5.12. The van der Waals surface area contributed by atoms with Crippen molar-refractivity contribution in [3.8, 4) is 0 Å². The molecule has 0 bridgehead atoms. The molecule has 1 aliphatic heterocycles. The fourth-order valence-corrected chi connectivity index (χ4v) is 3.50. The monoisotopic (exact) mass is 361 g/mol. The summed E-state index contributed by atoms with van der Waals surface area (Å²) >= 11 is 0. The Kier molecular flexibility index (Phi) is 4.96. The number of carbonyl (C=O) groups is 1. The molecule has 0 unspecified atom stereocenters. The van der Waals surface area contributed by atoms with Gasteiger partial charge < -0.3 is 9.80 Å². The zero-order valence-electron chi connectivity index (χ0n) is 15.5. The van der Waals surface area contributed by atoms with Gasteiger partial charge in [-0.25, -0.2) is 9.97 Å². The van der Waals surface area contributed by atoms with Crippen LogP contribution in [0, 0.1) is 0 Å². The summed E-state index contributed by atoms with van der Waals surface area (Å²) in [5.74, 6) is 1.36. The third-order valence-corrected chi connectivity index (χ3v) is 5.12. The van der Waals surface area contributed by atoms with Crippen molar-refractivity contribution in [2.24, 2.45) is 0 Å². The van der Waals surface area contributed by atoms with Gasteiger partial charge in [0, 0.05) is 45.0 Å². The smallest absolute Gasteiger partial charge is 0.223 e. The highest BCUT2D eigenvalue weighted by Crippen LogP contribution is 2.21. The molecule has 0 spiro atoms. The van der Waals surface area contributed by atoms with Crippen molar-refractivity contribution in [3.05, 3.63) is 60.4 Å². The number of amides is 1. The van der Waals surface area contributed by atoms with E-state index in [1.807, 2.05) is 35.2 Å². The first-order chi connectivity index (χ1) is 13.2. The number of carbonyl (C=O) groups excluding carboxylic acids is 1. The minimum Gasteiger partial charge on any atom is -0.353 e. The van der Waals surface area contributed by atoms with Gasteiger partial charge in [-0.05, 0) is 23.6 Å². The number of nitrogens with zero attached hydrogens (tertiary/aromatic N) is 5. The molecule has 1 atom stereocenters. The van der Waals surface area contributed by atoms with Crippen LogP contribution in [0.2, 0.25) is 0 Å². The molecular weight excluding hydrogens is 338 g/mol. The first kappa shape index (κ1) is 17.4. The maximum atomic E-state index is 12.7. The van der Waals surface area contributed by atoms with Crippen LogP contribution in [0.1, 0.15) is 24.8 Å². The predicted molar refractivity (Wildman–Crippen MR) is 106 cm³/mol. The Hall–Kier alpha value is -3.02. The van der Waals surface area contributed by atoms with Crippen LogP contribution < -0.4 is 4.90 Å². The Bertz CT molecular complexity index is 922. The molecule has 1 fully saturated rings. The Morgan fingerprint density at radius 1 is 1.00 bits per heavy atom. The number of aromatic nitrogens is 3. The van der Waals surface area contributed by atoms with E-state index in [1.54, 1.807) is 12.4 Å². The van der Waals surface area contributed by atoms with Gasteiger partial charge in [0.2, 0.25) is 5.91 Å². The molecule has 3 aromatic rings. The molecule has 6 heteroatoms. The summed E-state index contributed by atoms with van der Waals surface area (Å²) < 4.78 is 0. The van der Waals surface area contributed by atoms with E-state index in [1.165, 1.54) is 5.56 Å². The van der Waals surface area contributed by atoms with Gasteiger partial charge in [-0.2, -0.15) is 0 Å². The van der Waals surface area contributed by atoms with Crippen LogP contribution in [0.25, 0.3) is 11.2 Å².